The number of rotatable bonds is 4. The molecule has 0 aliphatic carbocycles. The normalized spacial score (nSPS) is 11.2. The van der Waals surface area contributed by atoms with Crippen molar-refractivity contribution in [1.82, 2.24) is 15.4 Å². The zero-order chi connectivity index (χ0) is 18.7. The molecule has 3 aromatic rings. The van der Waals surface area contributed by atoms with Crippen LogP contribution in [0, 0.1) is 11.3 Å². The van der Waals surface area contributed by atoms with Gasteiger partial charge in [0.15, 0.2) is 5.69 Å². The summed E-state index contributed by atoms with van der Waals surface area (Å²) in [4.78, 5) is 1.84. The SMILES string of the molecule is CN(Cc1cccc(-c2n[nH]nc2C#N)c1)c1ccc(C(F)(F)F)cc1. The molecule has 0 fully saturated rings. The van der Waals surface area contributed by atoms with Crippen LogP contribution in [0.4, 0.5) is 18.9 Å². The number of aromatic nitrogens is 3. The molecule has 26 heavy (non-hydrogen) atoms. The molecule has 0 amide bonds. The van der Waals surface area contributed by atoms with Crippen LogP contribution in [0.5, 0.6) is 0 Å². The van der Waals surface area contributed by atoms with Gasteiger partial charge in [0.05, 0.1) is 5.56 Å². The molecular formula is C18H14F3N5. The minimum Gasteiger partial charge on any atom is -0.370 e. The van der Waals surface area contributed by atoms with Crippen molar-refractivity contribution >= 4 is 5.69 Å². The second-order valence-electron chi connectivity index (χ2n) is 5.73. The van der Waals surface area contributed by atoms with Gasteiger partial charge in [0.2, 0.25) is 0 Å². The minimum atomic E-state index is -4.35. The lowest BCUT2D eigenvalue weighted by Crippen LogP contribution is -2.16. The fourth-order valence-corrected chi connectivity index (χ4v) is 2.60. The zero-order valence-electron chi connectivity index (χ0n) is 13.7. The molecule has 0 atom stereocenters. The van der Waals surface area contributed by atoms with Gasteiger partial charge in [0.1, 0.15) is 11.8 Å². The number of nitriles is 1. The van der Waals surface area contributed by atoms with Crippen LogP contribution in [0.15, 0.2) is 48.5 Å². The third kappa shape index (κ3) is 3.67. The zero-order valence-corrected chi connectivity index (χ0v) is 13.7. The van der Waals surface area contributed by atoms with Crippen LogP contribution in [-0.2, 0) is 12.7 Å². The van der Waals surface area contributed by atoms with E-state index in [9.17, 15) is 13.2 Å². The van der Waals surface area contributed by atoms with E-state index in [0.29, 0.717) is 17.9 Å². The largest absolute Gasteiger partial charge is 0.416 e. The summed E-state index contributed by atoms with van der Waals surface area (Å²) in [5.74, 6) is 0. The maximum atomic E-state index is 12.7. The van der Waals surface area contributed by atoms with E-state index in [0.717, 1.165) is 23.3 Å². The number of alkyl halides is 3. The average Bonchev–Trinajstić information content (AvgIpc) is 3.10. The first kappa shape index (κ1) is 17.5. The molecule has 0 radical (unpaired) electrons. The van der Waals surface area contributed by atoms with Crippen LogP contribution >= 0.6 is 0 Å². The second kappa shape index (κ2) is 6.88. The van der Waals surface area contributed by atoms with Crippen molar-refractivity contribution < 1.29 is 13.2 Å². The molecule has 0 spiro atoms. The van der Waals surface area contributed by atoms with Crippen LogP contribution < -0.4 is 4.90 Å². The molecule has 3 rings (SSSR count). The number of nitrogens with zero attached hydrogens (tertiary/aromatic N) is 4. The van der Waals surface area contributed by atoms with E-state index in [1.165, 1.54) is 12.1 Å². The van der Waals surface area contributed by atoms with Gasteiger partial charge in [0.25, 0.3) is 0 Å². The van der Waals surface area contributed by atoms with E-state index >= 15 is 0 Å². The monoisotopic (exact) mass is 357 g/mol. The van der Waals surface area contributed by atoms with Crippen molar-refractivity contribution in [3.05, 3.63) is 65.4 Å². The van der Waals surface area contributed by atoms with Crippen molar-refractivity contribution in [2.75, 3.05) is 11.9 Å². The van der Waals surface area contributed by atoms with Crippen molar-refractivity contribution in [3.63, 3.8) is 0 Å². The predicted molar refractivity (Wildman–Crippen MR) is 90.1 cm³/mol. The second-order valence-corrected chi connectivity index (χ2v) is 5.73. The summed E-state index contributed by atoms with van der Waals surface area (Å²) in [6.45, 7) is 0.485. The van der Waals surface area contributed by atoms with Gasteiger partial charge >= 0.3 is 6.18 Å². The summed E-state index contributed by atoms with van der Waals surface area (Å²) >= 11 is 0. The highest BCUT2D eigenvalue weighted by Crippen LogP contribution is 2.30. The van der Waals surface area contributed by atoms with E-state index in [1.54, 1.807) is 7.05 Å². The molecule has 0 saturated heterocycles. The number of nitrogens with one attached hydrogen (secondary N) is 1. The molecule has 0 aliphatic heterocycles. The average molecular weight is 357 g/mol. The first-order chi connectivity index (χ1) is 12.4. The highest BCUT2D eigenvalue weighted by molar-refractivity contribution is 5.65. The number of anilines is 1. The molecule has 1 aromatic heterocycles. The number of halogens is 3. The molecule has 0 bridgehead atoms. The number of aromatic amines is 1. The first-order valence-electron chi connectivity index (χ1n) is 7.67. The molecule has 2 aromatic carbocycles. The van der Waals surface area contributed by atoms with E-state index < -0.39 is 11.7 Å². The number of hydrogen-bond donors (Lipinski definition) is 1. The molecule has 1 N–H and O–H groups in total. The Balaban J connectivity index is 1.79. The van der Waals surface area contributed by atoms with Gasteiger partial charge in [-0.25, -0.2) is 0 Å². The molecule has 132 valence electrons. The summed E-state index contributed by atoms with van der Waals surface area (Å²) < 4.78 is 38.0. The summed E-state index contributed by atoms with van der Waals surface area (Å²) in [5, 5.41) is 19.2. The van der Waals surface area contributed by atoms with Crippen LogP contribution in [0.1, 0.15) is 16.8 Å². The van der Waals surface area contributed by atoms with Gasteiger partial charge in [-0.1, -0.05) is 18.2 Å². The number of H-pyrrole nitrogens is 1. The Morgan fingerprint density at radius 3 is 2.50 bits per heavy atom. The third-order valence-electron chi connectivity index (χ3n) is 3.91. The molecule has 8 heteroatoms. The first-order valence-corrected chi connectivity index (χ1v) is 7.67. The quantitative estimate of drug-likeness (QED) is 0.766. The Hall–Kier alpha value is -3.34. The van der Waals surface area contributed by atoms with Gasteiger partial charge in [-0.15, -0.1) is 5.10 Å². The van der Waals surface area contributed by atoms with E-state index in [-0.39, 0.29) is 5.69 Å². The summed E-state index contributed by atoms with van der Waals surface area (Å²) in [6.07, 6.45) is -4.35. The third-order valence-corrected chi connectivity index (χ3v) is 3.91. The van der Waals surface area contributed by atoms with Gasteiger partial charge < -0.3 is 4.90 Å². The van der Waals surface area contributed by atoms with E-state index in [4.69, 9.17) is 5.26 Å². The van der Waals surface area contributed by atoms with Crippen LogP contribution in [-0.4, -0.2) is 22.5 Å². The molecule has 0 unspecified atom stereocenters. The van der Waals surface area contributed by atoms with E-state index in [2.05, 4.69) is 15.4 Å². The lowest BCUT2D eigenvalue weighted by Gasteiger charge is -2.20. The highest BCUT2D eigenvalue weighted by atomic mass is 19.4. The Kier molecular flexibility index (Phi) is 4.63. The molecule has 5 nitrogen and oxygen atoms in total. The van der Waals surface area contributed by atoms with Crippen LogP contribution in [0.2, 0.25) is 0 Å². The fraction of sp³-hybridized carbons (Fsp3) is 0.167. The topological polar surface area (TPSA) is 68.6 Å². The Labute approximate surface area is 147 Å². The Bertz CT molecular complexity index is 938. The highest BCUT2D eigenvalue weighted by Gasteiger charge is 2.30. The fourth-order valence-electron chi connectivity index (χ4n) is 2.60. The predicted octanol–water partition coefficient (Wildman–Crippen LogP) is 4.00. The molecule has 1 heterocycles. The Morgan fingerprint density at radius 2 is 1.85 bits per heavy atom. The molecule has 0 aliphatic rings. The lowest BCUT2D eigenvalue weighted by molar-refractivity contribution is -0.137. The standard InChI is InChI=1S/C18H14F3N5/c1-26(15-7-5-14(6-8-15)18(19,20)21)11-12-3-2-4-13(9-12)17-16(10-22)23-25-24-17/h2-9H,11H2,1H3,(H,23,24,25). The molecular weight excluding hydrogens is 343 g/mol. The van der Waals surface area contributed by atoms with Gasteiger partial charge in [0, 0.05) is 24.8 Å². The van der Waals surface area contributed by atoms with Gasteiger partial charge in [-0.2, -0.15) is 28.7 Å². The smallest absolute Gasteiger partial charge is 0.370 e. The summed E-state index contributed by atoms with van der Waals surface area (Å²) in [6, 6.07) is 14.4. The maximum absolute atomic E-state index is 12.7. The van der Waals surface area contributed by atoms with Crippen LogP contribution in [0.25, 0.3) is 11.3 Å². The number of benzene rings is 2. The minimum absolute atomic E-state index is 0.207. The van der Waals surface area contributed by atoms with Crippen LogP contribution in [0.3, 0.4) is 0 Å². The van der Waals surface area contributed by atoms with Gasteiger partial charge in [-0.3, -0.25) is 0 Å². The summed E-state index contributed by atoms with van der Waals surface area (Å²) in [7, 11) is 1.80. The lowest BCUT2D eigenvalue weighted by atomic mass is 10.1. The van der Waals surface area contributed by atoms with E-state index in [1.807, 2.05) is 35.2 Å². The summed E-state index contributed by atoms with van der Waals surface area (Å²) in [5.41, 5.74) is 2.34. The van der Waals surface area contributed by atoms with Crippen molar-refractivity contribution in [2.45, 2.75) is 12.7 Å². The van der Waals surface area contributed by atoms with Gasteiger partial charge in [-0.05, 0) is 35.9 Å². The van der Waals surface area contributed by atoms with Crippen molar-refractivity contribution in [2.24, 2.45) is 0 Å². The van der Waals surface area contributed by atoms with Crippen molar-refractivity contribution in [1.29, 1.82) is 5.26 Å². The van der Waals surface area contributed by atoms with Crippen molar-refractivity contribution in [3.8, 4) is 17.3 Å². The molecule has 0 saturated carbocycles. The maximum Gasteiger partial charge on any atom is 0.416 e. The number of hydrogen-bond acceptors (Lipinski definition) is 4. The Morgan fingerprint density at radius 1 is 1.12 bits per heavy atom.